The molecule has 1 aliphatic heterocycles. The van der Waals surface area contributed by atoms with Crippen LogP contribution in [0.4, 0.5) is 0 Å². The standard InChI is InChI=1S/C15H20O3S/c1-10-5-7-11(8-6-10)19(17)12-9-13(16)18-14(12)15(2,3)4/h5-8,12,14H,9H2,1-4H3/t12-,14-,19+/m1/s1. The zero-order chi connectivity index (χ0) is 14.2. The molecule has 0 bridgehead atoms. The van der Waals surface area contributed by atoms with Crippen LogP contribution >= 0.6 is 0 Å². The predicted molar refractivity (Wildman–Crippen MR) is 75.3 cm³/mol. The summed E-state index contributed by atoms with van der Waals surface area (Å²) >= 11 is 0. The third-order valence-electron chi connectivity index (χ3n) is 3.35. The second kappa shape index (κ2) is 5.08. The van der Waals surface area contributed by atoms with Crippen molar-refractivity contribution in [2.75, 3.05) is 0 Å². The Morgan fingerprint density at radius 2 is 1.79 bits per heavy atom. The minimum Gasteiger partial charge on any atom is -0.460 e. The number of ether oxygens (including phenoxy) is 1. The Morgan fingerprint density at radius 3 is 2.32 bits per heavy atom. The Labute approximate surface area is 116 Å². The first-order valence-electron chi connectivity index (χ1n) is 6.46. The van der Waals surface area contributed by atoms with Gasteiger partial charge in [-0.05, 0) is 19.1 Å². The van der Waals surface area contributed by atoms with E-state index in [1.807, 2.05) is 52.0 Å². The maximum Gasteiger partial charge on any atom is 0.307 e. The summed E-state index contributed by atoms with van der Waals surface area (Å²) in [6.45, 7) is 8.02. The number of esters is 1. The quantitative estimate of drug-likeness (QED) is 0.782. The number of hydrogen-bond acceptors (Lipinski definition) is 3. The number of aryl methyl sites for hydroxylation is 1. The summed E-state index contributed by atoms with van der Waals surface area (Å²) in [5, 5.41) is -0.254. The SMILES string of the molecule is Cc1ccc([S@](=O)[C@@H]2CC(=O)O[C@H]2C(C)(C)C)cc1. The number of cyclic esters (lactones) is 1. The molecule has 0 spiro atoms. The molecule has 1 aliphatic rings. The van der Waals surface area contributed by atoms with E-state index in [0.717, 1.165) is 10.5 Å². The second-order valence-corrected chi connectivity index (χ2v) is 7.80. The molecule has 0 saturated carbocycles. The fraction of sp³-hybridized carbons (Fsp3) is 0.533. The lowest BCUT2D eigenvalue weighted by Gasteiger charge is -2.29. The Balaban J connectivity index is 2.27. The third-order valence-corrected chi connectivity index (χ3v) is 5.05. The number of carbonyl (C=O) groups is 1. The molecule has 2 rings (SSSR count). The average molecular weight is 280 g/mol. The van der Waals surface area contributed by atoms with Gasteiger partial charge in [-0.1, -0.05) is 38.5 Å². The van der Waals surface area contributed by atoms with Crippen molar-refractivity contribution in [3.63, 3.8) is 0 Å². The Bertz CT molecular complexity index is 499. The van der Waals surface area contributed by atoms with E-state index in [4.69, 9.17) is 4.74 Å². The zero-order valence-electron chi connectivity index (χ0n) is 11.8. The van der Waals surface area contributed by atoms with Gasteiger partial charge in [-0.15, -0.1) is 0 Å². The molecule has 0 amide bonds. The Hall–Kier alpha value is -1.16. The van der Waals surface area contributed by atoms with E-state index in [0.29, 0.717) is 0 Å². The second-order valence-electron chi connectivity index (χ2n) is 6.13. The van der Waals surface area contributed by atoms with Gasteiger partial charge in [0.1, 0.15) is 6.10 Å². The van der Waals surface area contributed by atoms with Crippen molar-refractivity contribution in [3.8, 4) is 0 Å². The van der Waals surface area contributed by atoms with E-state index in [1.54, 1.807) is 0 Å². The smallest absolute Gasteiger partial charge is 0.307 e. The molecule has 1 aromatic carbocycles. The fourth-order valence-electron chi connectivity index (χ4n) is 2.31. The molecule has 0 unspecified atom stereocenters. The van der Waals surface area contributed by atoms with Gasteiger partial charge in [0.25, 0.3) is 0 Å². The van der Waals surface area contributed by atoms with Gasteiger partial charge < -0.3 is 4.74 Å². The van der Waals surface area contributed by atoms with Gasteiger partial charge in [-0.2, -0.15) is 0 Å². The highest BCUT2D eigenvalue weighted by Crippen LogP contribution is 2.35. The molecule has 1 aromatic rings. The van der Waals surface area contributed by atoms with Gasteiger partial charge in [0.2, 0.25) is 0 Å². The fourth-order valence-corrected chi connectivity index (χ4v) is 4.04. The van der Waals surface area contributed by atoms with Crippen LogP contribution in [-0.2, 0) is 20.3 Å². The van der Waals surface area contributed by atoms with Gasteiger partial charge in [0.05, 0.1) is 22.5 Å². The van der Waals surface area contributed by atoms with Crippen LogP contribution in [0.5, 0.6) is 0 Å². The summed E-state index contributed by atoms with van der Waals surface area (Å²) in [6, 6.07) is 7.62. The van der Waals surface area contributed by atoms with Crippen LogP contribution in [0.15, 0.2) is 29.2 Å². The highest BCUT2D eigenvalue weighted by Gasteiger charge is 2.45. The van der Waals surface area contributed by atoms with E-state index in [9.17, 15) is 9.00 Å². The maximum absolute atomic E-state index is 12.6. The topological polar surface area (TPSA) is 43.4 Å². The molecule has 104 valence electrons. The summed E-state index contributed by atoms with van der Waals surface area (Å²) in [7, 11) is -1.21. The van der Waals surface area contributed by atoms with Crippen LogP contribution in [0.2, 0.25) is 0 Å². The average Bonchev–Trinajstić information content (AvgIpc) is 2.71. The van der Waals surface area contributed by atoms with Crippen LogP contribution in [0.3, 0.4) is 0 Å². The molecule has 1 saturated heterocycles. The summed E-state index contributed by atoms with van der Waals surface area (Å²) in [5.41, 5.74) is 0.934. The molecule has 0 radical (unpaired) electrons. The minimum atomic E-state index is -1.21. The molecule has 0 N–H and O–H groups in total. The lowest BCUT2D eigenvalue weighted by molar-refractivity contribution is -0.144. The third kappa shape index (κ3) is 3.06. The molecular formula is C15H20O3S. The lowest BCUT2D eigenvalue weighted by atomic mass is 9.87. The van der Waals surface area contributed by atoms with Crippen LogP contribution < -0.4 is 0 Å². The van der Waals surface area contributed by atoms with E-state index in [2.05, 4.69) is 0 Å². The van der Waals surface area contributed by atoms with Crippen LogP contribution in [0.25, 0.3) is 0 Å². The molecule has 1 heterocycles. The van der Waals surface area contributed by atoms with Crippen molar-refractivity contribution >= 4 is 16.8 Å². The number of hydrogen-bond donors (Lipinski definition) is 0. The van der Waals surface area contributed by atoms with Crippen molar-refractivity contribution in [3.05, 3.63) is 29.8 Å². The van der Waals surface area contributed by atoms with Gasteiger partial charge in [-0.3, -0.25) is 9.00 Å². The number of benzene rings is 1. The first-order valence-corrected chi connectivity index (χ1v) is 7.67. The number of carbonyl (C=O) groups excluding carboxylic acids is 1. The van der Waals surface area contributed by atoms with E-state index in [1.165, 1.54) is 0 Å². The molecule has 1 fully saturated rings. The highest BCUT2D eigenvalue weighted by molar-refractivity contribution is 7.85. The molecule has 3 atom stereocenters. The van der Waals surface area contributed by atoms with Crippen molar-refractivity contribution in [1.82, 2.24) is 0 Å². The first kappa shape index (κ1) is 14.3. The molecule has 3 nitrogen and oxygen atoms in total. The Kier molecular flexibility index (Phi) is 3.81. The summed E-state index contributed by atoms with van der Waals surface area (Å²) < 4.78 is 18.0. The minimum absolute atomic E-state index is 0.197. The van der Waals surface area contributed by atoms with Gasteiger partial charge in [0, 0.05) is 10.3 Å². The first-order chi connectivity index (χ1) is 8.79. The van der Waals surface area contributed by atoms with Crippen molar-refractivity contribution in [2.24, 2.45) is 5.41 Å². The number of rotatable bonds is 2. The van der Waals surface area contributed by atoms with Crippen molar-refractivity contribution in [1.29, 1.82) is 0 Å². The Morgan fingerprint density at radius 1 is 1.21 bits per heavy atom. The molecule has 4 heteroatoms. The summed E-state index contributed by atoms with van der Waals surface area (Å²) in [4.78, 5) is 12.3. The largest absolute Gasteiger partial charge is 0.460 e. The van der Waals surface area contributed by atoms with E-state index < -0.39 is 10.8 Å². The summed E-state index contributed by atoms with van der Waals surface area (Å²) in [6.07, 6.45) is -0.0512. The van der Waals surface area contributed by atoms with Crippen LogP contribution in [0.1, 0.15) is 32.8 Å². The molecule has 0 aliphatic carbocycles. The monoisotopic (exact) mass is 280 g/mol. The van der Waals surface area contributed by atoms with Crippen molar-refractivity contribution in [2.45, 2.75) is 50.4 Å². The summed E-state index contributed by atoms with van der Waals surface area (Å²) in [5.74, 6) is -0.245. The van der Waals surface area contributed by atoms with E-state index >= 15 is 0 Å². The molecular weight excluding hydrogens is 260 g/mol. The lowest BCUT2D eigenvalue weighted by Crippen LogP contribution is -2.37. The molecule has 19 heavy (non-hydrogen) atoms. The van der Waals surface area contributed by atoms with E-state index in [-0.39, 0.29) is 29.2 Å². The predicted octanol–water partition coefficient (Wildman–Crippen LogP) is 2.83. The highest BCUT2D eigenvalue weighted by atomic mass is 32.2. The maximum atomic E-state index is 12.6. The van der Waals surface area contributed by atoms with Crippen molar-refractivity contribution < 1.29 is 13.7 Å². The zero-order valence-corrected chi connectivity index (χ0v) is 12.6. The normalized spacial score (nSPS) is 25.2. The van der Waals surface area contributed by atoms with Gasteiger partial charge in [-0.25, -0.2) is 0 Å². The van der Waals surface area contributed by atoms with Gasteiger partial charge >= 0.3 is 5.97 Å². The molecule has 0 aromatic heterocycles. The van der Waals surface area contributed by atoms with Gasteiger partial charge in [0.15, 0.2) is 0 Å². The van der Waals surface area contributed by atoms with Crippen LogP contribution in [-0.4, -0.2) is 21.5 Å². The van der Waals surface area contributed by atoms with Crippen LogP contribution in [0, 0.1) is 12.3 Å².